The number of pyridine rings is 1. The van der Waals surface area contributed by atoms with Crippen LogP contribution in [0, 0.1) is 0 Å². The Morgan fingerprint density at radius 3 is 2.52 bits per heavy atom. The van der Waals surface area contributed by atoms with Crippen molar-refractivity contribution in [3.05, 3.63) is 35.9 Å². The van der Waals surface area contributed by atoms with Crippen LogP contribution in [-0.2, 0) is 22.3 Å². The fourth-order valence-corrected chi connectivity index (χ4v) is 2.84. The lowest BCUT2D eigenvalue weighted by Crippen LogP contribution is -2.36. The third-order valence-electron chi connectivity index (χ3n) is 3.39. The zero-order chi connectivity index (χ0) is 21.8. The molecule has 0 radical (unpaired) electrons. The van der Waals surface area contributed by atoms with Gasteiger partial charge in [0, 0.05) is 0 Å². The minimum Gasteiger partial charge on any atom is -0.483 e. The van der Waals surface area contributed by atoms with E-state index in [1.165, 1.54) is 18.3 Å². The monoisotopic (exact) mass is 435 g/mol. The number of hydrogen-bond donors (Lipinski definition) is 2. The van der Waals surface area contributed by atoms with E-state index in [0.717, 1.165) is 10.9 Å². The van der Waals surface area contributed by atoms with E-state index in [0.29, 0.717) is 5.69 Å². The number of carboxylic acid groups (broad SMARTS) is 1. The first-order chi connectivity index (χ1) is 13.3. The quantitative estimate of drug-likeness (QED) is 0.649. The molecule has 2 rings (SSSR count). The molecule has 0 aliphatic heterocycles. The number of carboxylic acids is 1. The molecule has 2 N–H and O–H groups in total. The molecule has 1 unspecified atom stereocenters. The van der Waals surface area contributed by atoms with Crippen LogP contribution in [0.1, 0.15) is 38.2 Å². The maximum atomic E-state index is 12.6. The highest BCUT2D eigenvalue weighted by Gasteiger charge is 2.29. The molecule has 29 heavy (non-hydrogen) atoms. The number of aliphatic carboxylic acids is 1. The first kappa shape index (κ1) is 22.7. The molecule has 0 aliphatic rings. The first-order valence-corrected chi connectivity index (χ1v) is 9.45. The van der Waals surface area contributed by atoms with Crippen molar-refractivity contribution in [3.63, 3.8) is 0 Å². The molecular weight excluding hydrogens is 415 g/mol. The minimum absolute atomic E-state index is 0.0868. The van der Waals surface area contributed by atoms with E-state index < -0.39 is 47.1 Å². The predicted octanol–water partition coefficient (Wildman–Crippen LogP) is 1.84. The van der Waals surface area contributed by atoms with Crippen molar-refractivity contribution in [1.29, 1.82) is 0 Å². The second-order valence-electron chi connectivity index (χ2n) is 6.99. The zero-order valence-electron chi connectivity index (χ0n) is 15.8. The van der Waals surface area contributed by atoms with Gasteiger partial charge < -0.3 is 9.84 Å². The number of alkyl halides is 3. The Balaban J connectivity index is 2.28. The summed E-state index contributed by atoms with van der Waals surface area (Å²) in [6, 6.07) is 1.86. The van der Waals surface area contributed by atoms with E-state index in [1.807, 2.05) is 0 Å². The summed E-state index contributed by atoms with van der Waals surface area (Å²) >= 11 is 0. The fraction of sp³-hybridized carbons (Fsp3) is 0.500. The fourth-order valence-electron chi connectivity index (χ4n) is 2.03. The summed E-state index contributed by atoms with van der Waals surface area (Å²) in [5.41, 5.74) is 0.546. The Hall–Kier alpha value is -2.54. The van der Waals surface area contributed by atoms with Gasteiger partial charge in [-0.2, -0.15) is 13.2 Å². The van der Waals surface area contributed by atoms with Gasteiger partial charge in [-0.15, -0.1) is 5.10 Å². The van der Waals surface area contributed by atoms with E-state index in [-0.39, 0.29) is 11.4 Å². The second-order valence-corrected chi connectivity index (χ2v) is 8.99. The Morgan fingerprint density at radius 2 is 2.00 bits per heavy atom. The van der Waals surface area contributed by atoms with Gasteiger partial charge in [0.15, 0.2) is 6.61 Å². The molecule has 2 aromatic heterocycles. The number of hydrogen-bond acceptors (Lipinski definition) is 6. The molecule has 0 fully saturated rings. The Labute approximate surface area is 166 Å². The maximum Gasteiger partial charge on any atom is 0.422 e. The van der Waals surface area contributed by atoms with Gasteiger partial charge in [0.1, 0.15) is 24.0 Å². The summed E-state index contributed by atoms with van der Waals surface area (Å²) in [4.78, 5) is 14.9. The van der Waals surface area contributed by atoms with Crippen LogP contribution < -0.4 is 9.46 Å². The van der Waals surface area contributed by atoms with Gasteiger partial charge in [-0.1, -0.05) is 5.21 Å². The number of aromatic nitrogens is 4. The molecule has 2 atom stereocenters. The average Bonchev–Trinajstić information content (AvgIpc) is 3.04. The number of ether oxygens (including phenoxy) is 1. The summed E-state index contributed by atoms with van der Waals surface area (Å²) in [5.74, 6) is -1.20. The normalized spacial score (nSPS) is 14.4. The molecule has 0 aliphatic carbocycles. The van der Waals surface area contributed by atoms with Crippen molar-refractivity contribution in [2.75, 3.05) is 6.61 Å². The summed E-state index contributed by atoms with van der Waals surface area (Å²) in [6.07, 6.45) is -2.01. The number of halogens is 3. The van der Waals surface area contributed by atoms with Crippen molar-refractivity contribution < 1.29 is 32.0 Å². The highest BCUT2D eigenvalue weighted by atomic mass is 32.2. The average molecular weight is 435 g/mol. The van der Waals surface area contributed by atoms with Gasteiger partial charge in [0.2, 0.25) is 0 Å². The lowest BCUT2D eigenvalue weighted by molar-refractivity contribution is -0.153. The van der Waals surface area contributed by atoms with Crippen LogP contribution in [0.2, 0.25) is 0 Å². The van der Waals surface area contributed by atoms with Crippen molar-refractivity contribution in [1.82, 2.24) is 24.7 Å². The van der Waals surface area contributed by atoms with E-state index in [1.54, 1.807) is 20.8 Å². The largest absolute Gasteiger partial charge is 0.483 e. The van der Waals surface area contributed by atoms with E-state index in [9.17, 15) is 22.2 Å². The van der Waals surface area contributed by atoms with Gasteiger partial charge >= 0.3 is 12.1 Å². The standard InChI is InChI=1S/C16H20F3N5O4S/c1-15(2,3)29(27)22-14(12-7-24(23-21-12)8-13(25)26)11-5-4-10(6-20-11)28-9-16(17,18)19/h4-7,14,22H,8-9H2,1-3H3,(H,25,26)/t14-,29?/m0/s1. The van der Waals surface area contributed by atoms with Crippen molar-refractivity contribution in [2.24, 2.45) is 0 Å². The second kappa shape index (κ2) is 8.86. The summed E-state index contributed by atoms with van der Waals surface area (Å²) < 4.78 is 57.3. The van der Waals surface area contributed by atoms with Crippen LogP contribution in [0.4, 0.5) is 13.2 Å². The summed E-state index contributed by atoms with van der Waals surface area (Å²) in [6.45, 7) is 3.37. The molecule has 2 aromatic rings. The van der Waals surface area contributed by atoms with Crippen molar-refractivity contribution in [2.45, 2.75) is 44.3 Å². The highest BCUT2D eigenvalue weighted by molar-refractivity contribution is 7.84. The van der Waals surface area contributed by atoms with Crippen LogP contribution in [0.15, 0.2) is 24.5 Å². The van der Waals surface area contributed by atoms with E-state index >= 15 is 0 Å². The molecule has 0 saturated carbocycles. The minimum atomic E-state index is -4.48. The van der Waals surface area contributed by atoms with E-state index in [2.05, 4.69) is 24.8 Å². The molecule has 0 spiro atoms. The molecule has 0 aromatic carbocycles. The maximum absolute atomic E-state index is 12.6. The number of carbonyl (C=O) groups is 1. The van der Waals surface area contributed by atoms with Crippen LogP contribution >= 0.6 is 0 Å². The van der Waals surface area contributed by atoms with Gasteiger partial charge in [-0.25, -0.2) is 13.6 Å². The van der Waals surface area contributed by atoms with E-state index in [4.69, 9.17) is 5.11 Å². The molecule has 9 nitrogen and oxygen atoms in total. The molecule has 0 saturated heterocycles. The number of rotatable bonds is 8. The van der Waals surface area contributed by atoms with Crippen LogP contribution in [-0.4, -0.2) is 52.8 Å². The smallest absolute Gasteiger partial charge is 0.422 e. The molecule has 0 bridgehead atoms. The van der Waals surface area contributed by atoms with Crippen LogP contribution in [0.5, 0.6) is 5.75 Å². The van der Waals surface area contributed by atoms with Crippen LogP contribution in [0.25, 0.3) is 0 Å². The lowest BCUT2D eigenvalue weighted by atomic mass is 10.1. The zero-order valence-corrected chi connectivity index (χ0v) is 16.6. The third kappa shape index (κ3) is 7.09. The number of nitrogens with one attached hydrogen (secondary N) is 1. The van der Waals surface area contributed by atoms with Crippen molar-refractivity contribution in [3.8, 4) is 5.75 Å². The summed E-state index contributed by atoms with van der Waals surface area (Å²) in [7, 11) is -1.55. The van der Waals surface area contributed by atoms with Gasteiger partial charge in [-0.3, -0.25) is 9.78 Å². The molecular formula is C16H20F3N5O4S. The highest BCUT2D eigenvalue weighted by Crippen LogP contribution is 2.24. The van der Waals surface area contributed by atoms with Gasteiger partial charge in [0.25, 0.3) is 0 Å². The van der Waals surface area contributed by atoms with Gasteiger partial charge in [0.05, 0.1) is 33.8 Å². The Morgan fingerprint density at radius 1 is 1.31 bits per heavy atom. The predicted molar refractivity (Wildman–Crippen MR) is 96.3 cm³/mol. The first-order valence-electron chi connectivity index (χ1n) is 8.30. The van der Waals surface area contributed by atoms with Crippen LogP contribution in [0.3, 0.4) is 0 Å². The Bertz CT molecular complexity index is 865. The van der Waals surface area contributed by atoms with Gasteiger partial charge in [-0.05, 0) is 32.9 Å². The lowest BCUT2D eigenvalue weighted by Gasteiger charge is -2.23. The summed E-state index contributed by atoms with van der Waals surface area (Å²) in [5, 5.41) is 16.5. The Kier molecular flexibility index (Phi) is 6.95. The number of nitrogens with zero attached hydrogens (tertiary/aromatic N) is 4. The molecule has 2 heterocycles. The third-order valence-corrected chi connectivity index (χ3v) is 4.95. The molecule has 13 heteroatoms. The molecule has 0 amide bonds. The SMILES string of the molecule is CC(C)(C)S(=O)N[C@@H](c1ccc(OCC(F)(F)F)cn1)c1cn(CC(=O)O)nn1. The van der Waals surface area contributed by atoms with Crippen molar-refractivity contribution >= 4 is 17.0 Å². The molecule has 160 valence electrons. The topological polar surface area (TPSA) is 119 Å².